The van der Waals surface area contributed by atoms with Crippen molar-refractivity contribution in [3.05, 3.63) is 119 Å². The second kappa shape index (κ2) is 11.0. The van der Waals surface area contributed by atoms with Crippen molar-refractivity contribution in [3.63, 3.8) is 0 Å². The molecule has 5 aromatic rings. The topological polar surface area (TPSA) is 22.1 Å². The number of rotatable bonds is 8. The summed E-state index contributed by atoms with van der Waals surface area (Å²) in [5.41, 5.74) is -0.912. The monoisotopic (exact) mass is 591 g/mol. The van der Waals surface area contributed by atoms with Crippen LogP contribution in [0.3, 0.4) is 0 Å². The molecule has 11 heteroatoms. The zero-order valence-electron chi connectivity index (χ0n) is 20.8. The maximum Gasteiger partial charge on any atom is 0.454 e. The molecule has 0 aliphatic heterocycles. The van der Waals surface area contributed by atoms with Crippen molar-refractivity contribution in [2.24, 2.45) is 0 Å². The van der Waals surface area contributed by atoms with Gasteiger partial charge in [-0.25, -0.2) is 31.3 Å². The maximum atomic E-state index is 14.9. The van der Waals surface area contributed by atoms with Gasteiger partial charge in [-0.1, -0.05) is 12.1 Å². The highest BCUT2D eigenvalue weighted by molar-refractivity contribution is 7.18. The predicted octanol–water partition coefficient (Wildman–Crippen LogP) is 9.71. The van der Waals surface area contributed by atoms with Gasteiger partial charge in [-0.15, -0.1) is 17.9 Å². The molecule has 0 spiro atoms. The molecule has 4 aromatic carbocycles. The van der Waals surface area contributed by atoms with Gasteiger partial charge in [0.25, 0.3) is 0 Å². The first-order valence-corrected chi connectivity index (χ1v) is 12.8. The van der Waals surface area contributed by atoms with E-state index in [4.69, 9.17) is 4.74 Å². The van der Waals surface area contributed by atoms with E-state index in [1.165, 1.54) is 0 Å². The number of fused-ring (bicyclic) bond motifs is 1. The van der Waals surface area contributed by atoms with Gasteiger partial charge in [0.2, 0.25) is 5.01 Å². The summed E-state index contributed by atoms with van der Waals surface area (Å²) in [7, 11) is 0. The lowest BCUT2D eigenvalue weighted by molar-refractivity contribution is -0.185. The van der Waals surface area contributed by atoms with Gasteiger partial charge >= 0.3 is 6.11 Å². The van der Waals surface area contributed by atoms with Crippen molar-refractivity contribution >= 4 is 21.6 Å². The highest BCUT2D eigenvalue weighted by Gasteiger charge is 2.39. The fourth-order valence-electron chi connectivity index (χ4n) is 4.21. The van der Waals surface area contributed by atoms with E-state index in [-0.39, 0.29) is 11.1 Å². The van der Waals surface area contributed by atoms with E-state index in [2.05, 4.69) is 11.6 Å². The third kappa shape index (κ3) is 5.67. The highest BCUT2D eigenvalue weighted by atomic mass is 32.1. The molecule has 0 radical (unpaired) electrons. The standard InChI is InChI=1S/C30H17F8NOS/c1-2-3-4-15-5-8-25-26(9-15)41-29(39-25)30(37,38)40-18-6-7-19(20(31)14-18)16-10-21(32)27(22(33)11-16)17-12-23(34)28(36)24(35)13-17/h2,5-14H,1,3-4H2. The zero-order chi connectivity index (χ0) is 29.5. The Morgan fingerprint density at radius 2 is 1.44 bits per heavy atom. The third-order valence-electron chi connectivity index (χ3n) is 6.15. The Morgan fingerprint density at radius 3 is 2.07 bits per heavy atom. The van der Waals surface area contributed by atoms with Crippen LogP contribution in [0, 0.1) is 34.9 Å². The average Bonchev–Trinajstić information content (AvgIpc) is 3.34. The van der Waals surface area contributed by atoms with E-state index < -0.39 is 62.9 Å². The van der Waals surface area contributed by atoms with E-state index in [0.717, 1.165) is 35.5 Å². The molecule has 0 saturated carbocycles. The van der Waals surface area contributed by atoms with Crippen LogP contribution < -0.4 is 4.74 Å². The van der Waals surface area contributed by atoms with Crippen LogP contribution in [0.5, 0.6) is 5.75 Å². The second-order valence-corrected chi connectivity index (χ2v) is 10.0. The molecule has 0 atom stereocenters. The molecule has 0 bridgehead atoms. The fourth-order valence-corrected chi connectivity index (χ4v) is 5.15. The van der Waals surface area contributed by atoms with Gasteiger partial charge in [-0.2, -0.15) is 8.78 Å². The Labute approximate surface area is 232 Å². The van der Waals surface area contributed by atoms with Crippen LogP contribution in [-0.4, -0.2) is 4.98 Å². The number of hydrogen-bond acceptors (Lipinski definition) is 3. The van der Waals surface area contributed by atoms with Crippen molar-refractivity contribution < 1.29 is 39.9 Å². The maximum absolute atomic E-state index is 14.9. The predicted molar refractivity (Wildman–Crippen MR) is 140 cm³/mol. The van der Waals surface area contributed by atoms with E-state index in [1.807, 2.05) is 0 Å². The molecular formula is C30H17F8NOS. The molecule has 0 unspecified atom stereocenters. The molecule has 210 valence electrons. The summed E-state index contributed by atoms with van der Waals surface area (Å²) in [6.45, 7) is 3.65. The number of aryl methyl sites for hydroxylation is 1. The Bertz CT molecular complexity index is 1750. The molecule has 41 heavy (non-hydrogen) atoms. The first-order chi connectivity index (χ1) is 19.5. The van der Waals surface area contributed by atoms with Crippen LogP contribution in [0.2, 0.25) is 0 Å². The number of nitrogens with zero attached hydrogens (tertiary/aromatic N) is 1. The van der Waals surface area contributed by atoms with Crippen molar-refractivity contribution in [2.75, 3.05) is 0 Å². The van der Waals surface area contributed by atoms with Gasteiger partial charge in [0.15, 0.2) is 17.5 Å². The number of thiazole rings is 1. The minimum Gasteiger partial charge on any atom is -0.427 e. The molecule has 2 nitrogen and oxygen atoms in total. The summed E-state index contributed by atoms with van der Waals surface area (Å²) in [4.78, 5) is 3.94. The van der Waals surface area contributed by atoms with E-state index in [1.54, 1.807) is 24.3 Å². The van der Waals surface area contributed by atoms with Gasteiger partial charge in [0.1, 0.15) is 23.2 Å². The zero-order valence-corrected chi connectivity index (χ0v) is 21.6. The SMILES string of the molecule is C=CCCc1ccc2nc(C(F)(F)Oc3ccc(-c4cc(F)c(-c5cc(F)c(F)c(F)c5)c(F)c4)c(F)c3)sc2c1. The number of halogens is 8. The molecule has 0 fully saturated rings. The number of benzene rings is 4. The smallest absolute Gasteiger partial charge is 0.427 e. The number of allylic oxidation sites excluding steroid dienone is 1. The van der Waals surface area contributed by atoms with E-state index in [0.29, 0.717) is 47.0 Å². The largest absolute Gasteiger partial charge is 0.454 e. The minimum atomic E-state index is -3.92. The van der Waals surface area contributed by atoms with Crippen molar-refractivity contribution in [2.45, 2.75) is 19.0 Å². The molecule has 0 amide bonds. The Morgan fingerprint density at radius 1 is 0.780 bits per heavy atom. The molecule has 0 saturated heterocycles. The summed E-state index contributed by atoms with van der Waals surface area (Å²) in [6, 6.07) is 9.94. The molecule has 0 aliphatic rings. The third-order valence-corrected chi connectivity index (χ3v) is 7.22. The van der Waals surface area contributed by atoms with Crippen LogP contribution in [0.15, 0.2) is 73.3 Å². The van der Waals surface area contributed by atoms with E-state index in [9.17, 15) is 35.1 Å². The van der Waals surface area contributed by atoms with Crippen molar-refractivity contribution in [1.82, 2.24) is 4.98 Å². The Kier molecular flexibility index (Phi) is 7.56. The van der Waals surface area contributed by atoms with E-state index >= 15 is 0 Å². The Hall–Kier alpha value is -4.25. The number of aromatic nitrogens is 1. The van der Waals surface area contributed by atoms with Crippen LogP contribution in [0.4, 0.5) is 35.1 Å². The summed E-state index contributed by atoms with van der Waals surface area (Å²) in [5, 5.41) is -0.647. The van der Waals surface area contributed by atoms with Crippen LogP contribution in [-0.2, 0) is 12.5 Å². The second-order valence-electron chi connectivity index (χ2n) is 8.98. The average molecular weight is 592 g/mol. The highest BCUT2D eigenvalue weighted by Crippen LogP contribution is 2.39. The molecule has 0 N–H and O–H groups in total. The first kappa shape index (κ1) is 28.3. The lowest BCUT2D eigenvalue weighted by atomic mass is 9.98. The summed E-state index contributed by atoms with van der Waals surface area (Å²) < 4.78 is 120. The van der Waals surface area contributed by atoms with Gasteiger partial charge < -0.3 is 4.74 Å². The molecule has 1 aromatic heterocycles. The van der Waals surface area contributed by atoms with Crippen LogP contribution in [0.1, 0.15) is 17.0 Å². The minimum absolute atomic E-state index is 0.332. The summed E-state index contributed by atoms with van der Waals surface area (Å²) >= 11 is 0.724. The van der Waals surface area contributed by atoms with Gasteiger partial charge in [-0.3, -0.25) is 0 Å². The van der Waals surface area contributed by atoms with Crippen LogP contribution >= 0.6 is 11.3 Å². The van der Waals surface area contributed by atoms with Gasteiger partial charge in [-0.05, 0) is 78.1 Å². The molecule has 5 rings (SSSR count). The molecular weight excluding hydrogens is 574 g/mol. The molecule has 0 aliphatic carbocycles. The quantitative estimate of drug-likeness (QED) is 0.102. The van der Waals surface area contributed by atoms with Gasteiger partial charge in [0, 0.05) is 11.6 Å². The van der Waals surface area contributed by atoms with Gasteiger partial charge in [0.05, 0.1) is 15.8 Å². The summed E-state index contributed by atoms with van der Waals surface area (Å²) in [6.07, 6.45) is -0.769. The van der Waals surface area contributed by atoms with Crippen LogP contribution in [0.25, 0.3) is 32.5 Å². The number of ether oxygens (including phenoxy) is 1. The Balaban J connectivity index is 1.40. The lowest BCUT2D eigenvalue weighted by Crippen LogP contribution is -2.21. The normalized spacial score (nSPS) is 11.7. The fraction of sp³-hybridized carbons (Fsp3) is 0.100. The number of hydrogen-bond donors (Lipinski definition) is 0. The summed E-state index contributed by atoms with van der Waals surface area (Å²) in [5.74, 6) is -9.46. The lowest BCUT2D eigenvalue weighted by Gasteiger charge is -2.16. The molecule has 1 heterocycles. The van der Waals surface area contributed by atoms with Crippen molar-refractivity contribution in [3.8, 4) is 28.0 Å². The number of alkyl halides is 2. The first-order valence-electron chi connectivity index (χ1n) is 12.0. The van der Waals surface area contributed by atoms with Crippen molar-refractivity contribution in [1.29, 1.82) is 0 Å².